The van der Waals surface area contributed by atoms with Gasteiger partial charge in [-0.1, -0.05) is 12.1 Å². The van der Waals surface area contributed by atoms with Gasteiger partial charge in [-0.25, -0.2) is 0 Å². The monoisotopic (exact) mass is 473 g/mol. The van der Waals surface area contributed by atoms with Crippen molar-refractivity contribution in [1.82, 2.24) is 4.90 Å². The molecular formula is C21H17F6N3O3. The molecule has 1 aliphatic rings. The molecule has 33 heavy (non-hydrogen) atoms. The fourth-order valence-corrected chi connectivity index (χ4v) is 3.28. The van der Waals surface area contributed by atoms with E-state index in [1.54, 1.807) is 0 Å². The highest BCUT2D eigenvalue weighted by atomic mass is 19.4. The average molecular weight is 473 g/mol. The lowest BCUT2D eigenvalue weighted by atomic mass is 10.1. The molecule has 3 rings (SSSR count). The zero-order valence-electron chi connectivity index (χ0n) is 16.8. The predicted molar refractivity (Wildman–Crippen MR) is 105 cm³/mol. The van der Waals surface area contributed by atoms with Crippen molar-refractivity contribution in [2.24, 2.45) is 5.92 Å². The van der Waals surface area contributed by atoms with Gasteiger partial charge in [0.2, 0.25) is 11.8 Å². The second-order valence-electron chi connectivity index (χ2n) is 7.39. The van der Waals surface area contributed by atoms with Crippen LogP contribution in [-0.4, -0.2) is 41.9 Å². The molecule has 12 heteroatoms. The van der Waals surface area contributed by atoms with Gasteiger partial charge in [0, 0.05) is 29.9 Å². The third-order valence-electron chi connectivity index (χ3n) is 4.80. The zero-order valence-corrected chi connectivity index (χ0v) is 16.8. The molecule has 0 bridgehead atoms. The summed E-state index contributed by atoms with van der Waals surface area (Å²) in [6.45, 7) is -1.83. The molecule has 0 aromatic heterocycles. The lowest BCUT2D eigenvalue weighted by molar-refractivity contribution is -0.157. The van der Waals surface area contributed by atoms with E-state index < -0.39 is 48.1 Å². The van der Waals surface area contributed by atoms with Gasteiger partial charge in [0.25, 0.3) is 5.91 Å². The first-order valence-corrected chi connectivity index (χ1v) is 9.56. The van der Waals surface area contributed by atoms with Gasteiger partial charge >= 0.3 is 12.4 Å². The Kier molecular flexibility index (Phi) is 6.65. The first kappa shape index (κ1) is 24.1. The van der Waals surface area contributed by atoms with Crippen LogP contribution in [0.25, 0.3) is 0 Å². The summed E-state index contributed by atoms with van der Waals surface area (Å²) < 4.78 is 76.1. The largest absolute Gasteiger partial charge is 0.416 e. The minimum Gasteiger partial charge on any atom is -0.333 e. The van der Waals surface area contributed by atoms with Crippen molar-refractivity contribution in [3.05, 3.63) is 59.7 Å². The molecule has 0 aliphatic carbocycles. The van der Waals surface area contributed by atoms with E-state index in [4.69, 9.17) is 0 Å². The summed E-state index contributed by atoms with van der Waals surface area (Å²) in [5.41, 5.74) is -0.865. The van der Waals surface area contributed by atoms with Crippen LogP contribution in [0.2, 0.25) is 0 Å². The number of hydrogen-bond donors (Lipinski definition) is 2. The summed E-state index contributed by atoms with van der Waals surface area (Å²) in [4.78, 5) is 37.1. The van der Waals surface area contributed by atoms with Crippen LogP contribution in [0.1, 0.15) is 22.3 Å². The van der Waals surface area contributed by atoms with E-state index in [1.807, 2.05) is 0 Å². The molecule has 1 atom stereocenters. The molecule has 2 N–H and O–H groups in total. The van der Waals surface area contributed by atoms with Crippen LogP contribution >= 0.6 is 0 Å². The Morgan fingerprint density at radius 3 is 2.21 bits per heavy atom. The number of benzene rings is 2. The maximum atomic E-state index is 12.8. The van der Waals surface area contributed by atoms with Crippen molar-refractivity contribution in [1.29, 1.82) is 0 Å². The van der Waals surface area contributed by atoms with Crippen molar-refractivity contribution in [3.8, 4) is 0 Å². The highest BCUT2D eigenvalue weighted by Crippen LogP contribution is 2.31. The molecule has 1 saturated heterocycles. The molecule has 0 spiro atoms. The summed E-state index contributed by atoms with van der Waals surface area (Å²) >= 11 is 0. The number of amides is 3. The van der Waals surface area contributed by atoms with Gasteiger partial charge < -0.3 is 15.5 Å². The average Bonchev–Trinajstić information content (AvgIpc) is 3.06. The van der Waals surface area contributed by atoms with E-state index >= 15 is 0 Å². The molecule has 1 heterocycles. The number of carbonyl (C=O) groups is 3. The smallest absolute Gasteiger partial charge is 0.333 e. The van der Waals surface area contributed by atoms with Crippen molar-refractivity contribution in [3.63, 3.8) is 0 Å². The standard InChI is InChI=1S/C21H17F6N3O3/c22-20(23,24)11-30-10-13(8-17(30)31)19(33)28-15-5-1-3-12(7-15)18(32)29-16-6-2-4-14(9-16)21(25,26)27/h1-7,9,13H,8,10-11H2,(H,28,33)(H,29,32). The molecule has 1 aliphatic heterocycles. The minimum atomic E-state index is -4.58. The van der Waals surface area contributed by atoms with Gasteiger partial charge in [-0.2, -0.15) is 26.3 Å². The topological polar surface area (TPSA) is 78.5 Å². The Hall–Kier alpha value is -3.57. The first-order valence-electron chi connectivity index (χ1n) is 9.56. The fraction of sp³-hybridized carbons (Fsp3) is 0.286. The van der Waals surface area contributed by atoms with E-state index in [2.05, 4.69) is 10.6 Å². The van der Waals surface area contributed by atoms with Crippen molar-refractivity contribution >= 4 is 29.1 Å². The molecule has 6 nitrogen and oxygen atoms in total. The zero-order chi connectivity index (χ0) is 24.4. The Morgan fingerprint density at radius 1 is 0.939 bits per heavy atom. The number of nitrogens with zero attached hydrogens (tertiary/aromatic N) is 1. The van der Waals surface area contributed by atoms with Crippen LogP contribution in [0.3, 0.4) is 0 Å². The lowest BCUT2D eigenvalue weighted by Crippen LogP contribution is -2.36. The number of alkyl halides is 6. The van der Waals surface area contributed by atoms with E-state index in [9.17, 15) is 40.7 Å². The van der Waals surface area contributed by atoms with Crippen LogP contribution in [0.4, 0.5) is 37.7 Å². The summed E-state index contributed by atoms with van der Waals surface area (Å²) in [6, 6.07) is 9.49. The van der Waals surface area contributed by atoms with Crippen LogP contribution < -0.4 is 10.6 Å². The number of rotatable bonds is 5. The summed E-state index contributed by atoms with van der Waals surface area (Å²) in [7, 11) is 0. The molecule has 0 saturated carbocycles. The Balaban J connectivity index is 1.65. The molecule has 2 aromatic rings. The molecular weight excluding hydrogens is 456 g/mol. The number of carbonyl (C=O) groups excluding carboxylic acids is 3. The van der Waals surface area contributed by atoms with E-state index in [1.165, 1.54) is 30.3 Å². The maximum Gasteiger partial charge on any atom is 0.416 e. The van der Waals surface area contributed by atoms with Gasteiger partial charge in [-0.15, -0.1) is 0 Å². The van der Waals surface area contributed by atoms with Crippen molar-refractivity contribution < 1.29 is 40.7 Å². The number of anilines is 2. The maximum absolute atomic E-state index is 12.8. The number of halogens is 6. The Bertz CT molecular complexity index is 1070. The normalized spacial score (nSPS) is 16.6. The summed E-state index contributed by atoms with van der Waals surface area (Å²) in [6.07, 6.45) is -9.54. The third-order valence-corrected chi connectivity index (χ3v) is 4.80. The minimum absolute atomic E-state index is 0.0198. The number of likely N-dealkylation sites (tertiary alicyclic amines) is 1. The molecule has 2 aromatic carbocycles. The van der Waals surface area contributed by atoms with Crippen LogP contribution in [0.5, 0.6) is 0 Å². The van der Waals surface area contributed by atoms with Gasteiger partial charge in [0.1, 0.15) is 6.54 Å². The SMILES string of the molecule is O=C(Nc1cccc(C(F)(F)F)c1)c1cccc(NC(=O)C2CC(=O)N(CC(F)(F)F)C2)c1. The van der Waals surface area contributed by atoms with E-state index in [0.717, 1.165) is 18.2 Å². The summed E-state index contributed by atoms with van der Waals surface area (Å²) in [5.74, 6) is -3.22. The van der Waals surface area contributed by atoms with Crippen molar-refractivity contribution in [2.45, 2.75) is 18.8 Å². The molecule has 176 valence electrons. The first-order chi connectivity index (χ1) is 15.3. The third kappa shape index (κ3) is 6.46. The van der Waals surface area contributed by atoms with E-state index in [-0.39, 0.29) is 29.9 Å². The second kappa shape index (κ2) is 9.12. The van der Waals surface area contributed by atoms with Crippen LogP contribution in [0, 0.1) is 5.92 Å². The van der Waals surface area contributed by atoms with Gasteiger partial charge in [-0.05, 0) is 36.4 Å². The predicted octanol–water partition coefficient (Wildman–Crippen LogP) is 4.31. The van der Waals surface area contributed by atoms with Crippen LogP contribution in [-0.2, 0) is 15.8 Å². The molecule has 0 radical (unpaired) electrons. The van der Waals surface area contributed by atoms with Gasteiger partial charge in [0.15, 0.2) is 0 Å². The summed E-state index contributed by atoms with van der Waals surface area (Å²) in [5, 5.41) is 4.78. The number of hydrogen-bond acceptors (Lipinski definition) is 3. The molecule has 3 amide bonds. The van der Waals surface area contributed by atoms with Gasteiger partial charge in [0.05, 0.1) is 11.5 Å². The second-order valence-corrected chi connectivity index (χ2v) is 7.39. The highest BCUT2D eigenvalue weighted by molar-refractivity contribution is 6.05. The quantitative estimate of drug-likeness (QED) is 0.636. The Morgan fingerprint density at radius 2 is 1.58 bits per heavy atom. The van der Waals surface area contributed by atoms with Crippen LogP contribution in [0.15, 0.2) is 48.5 Å². The van der Waals surface area contributed by atoms with E-state index in [0.29, 0.717) is 4.90 Å². The van der Waals surface area contributed by atoms with Crippen molar-refractivity contribution in [2.75, 3.05) is 23.7 Å². The highest BCUT2D eigenvalue weighted by Gasteiger charge is 2.40. The molecule has 1 unspecified atom stereocenters. The van der Waals surface area contributed by atoms with Gasteiger partial charge in [-0.3, -0.25) is 14.4 Å². The number of nitrogens with one attached hydrogen (secondary N) is 2. The molecule has 1 fully saturated rings. The Labute approximate surface area is 183 Å². The lowest BCUT2D eigenvalue weighted by Gasteiger charge is -2.18. The fourth-order valence-electron chi connectivity index (χ4n) is 3.28.